The highest BCUT2D eigenvalue weighted by Gasteiger charge is 2.23. The number of aryl methyl sites for hydroxylation is 1. The van der Waals surface area contributed by atoms with Crippen LogP contribution in [0.15, 0.2) is 24.3 Å². The van der Waals surface area contributed by atoms with E-state index < -0.39 is 4.92 Å². The van der Waals surface area contributed by atoms with Gasteiger partial charge in [0.2, 0.25) is 5.95 Å². The second kappa shape index (κ2) is 5.39. The third-order valence-electron chi connectivity index (χ3n) is 2.50. The smallest absolute Gasteiger partial charge is 0.352 e. The number of methoxy groups -OCH3 is 1. The zero-order valence-electron chi connectivity index (χ0n) is 10.9. The van der Waals surface area contributed by atoms with Gasteiger partial charge < -0.3 is 15.2 Å². The van der Waals surface area contributed by atoms with Crippen molar-refractivity contribution in [3.8, 4) is 17.4 Å². The first-order valence-corrected chi connectivity index (χ1v) is 5.61. The molecule has 2 N–H and O–H groups in total. The van der Waals surface area contributed by atoms with Gasteiger partial charge in [-0.2, -0.15) is 4.98 Å². The van der Waals surface area contributed by atoms with Crippen molar-refractivity contribution >= 4 is 11.6 Å². The van der Waals surface area contributed by atoms with E-state index in [0.717, 1.165) is 0 Å². The molecule has 8 nitrogen and oxygen atoms in total. The monoisotopic (exact) mass is 276 g/mol. The van der Waals surface area contributed by atoms with Gasteiger partial charge in [-0.05, 0) is 31.2 Å². The van der Waals surface area contributed by atoms with Crippen LogP contribution in [0, 0.1) is 17.0 Å². The van der Waals surface area contributed by atoms with E-state index in [1.165, 1.54) is 14.0 Å². The summed E-state index contributed by atoms with van der Waals surface area (Å²) >= 11 is 0. The summed E-state index contributed by atoms with van der Waals surface area (Å²) < 4.78 is 10.4. The minimum atomic E-state index is -0.604. The van der Waals surface area contributed by atoms with Gasteiger partial charge in [-0.1, -0.05) is 0 Å². The summed E-state index contributed by atoms with van der Waals surface area (Å²) in [6.07, 6.45) is 0. The van der Waals surface area contributed by atoms with Gasteiger partial charge in [-0.25, -0.2) is 4.98 Å². The Morgan fingerprint density at radius 1 is 1.20 bits per heavy atom. The molecule has 2 aromatic rings. The predicted molar refractivity (Wildman–Crippen MR) is 70.9 cm³/mol. The summed E-state index contributed by atoms with van der Waals surface area (Å²) in [6, 6.07) is 6.55. The molecule has 0 unspecified atom stereocenters. The number of nitrogen functional groups attached to an aromatic ring is 1. The summed E-state index contributed by atoms with van der Waals surface area (Å²) in [4.78, 5) is 17.9. The molecule has 1 aromatic carbocycles. The molecule has 0 aliphatic rings. The lowest BCUT2D eigenvalue weighted by Crippen LogP contribution is -2.04. The van der Waals surface area contributed by atoms with Crippen molar-refractivity contribution in [2.24, 2.45) is 0 Å². The Balaban J connectivity index is 2.39. The van der Waals surface area contributed by atoms with E-state index in [1.54, 1.807) is 24.3 Å². The molecule has 0 spiro atoms. The fourth-order valence-corrected chi connectivity index (χ4v) is 1.60. The first-order chi connectivity index (χ1) is 9.51. The van der Waals surface area contributed by atoms with Crippen LogP contribution in [-0.2, 0) is 0 Å². The maximum atomic E-state index is 11.0. The summed E-state index contributed by atoms with van der Waals surface area (Å²) in [5.41, 5.74) is 5.32. The number of rotatable bonds is 4. The standard InChI is InChI=1S/C12H12N4O4/c1-7-10(16(17)18)11(15-12(13)14-7)20-9-5-3-8(19-2)4-6-9/h3-6H,1-2H3,(H2,13,14,15). The second-order valence-corrected chi connectivity index (χ2v) is 3.86. The Morgan fingerprint density at radius 3 is 2.35 bits per heavy atom. The lowest BCUT2D eigenvalue weighted by Gasteiger charge is -2.07. The molecule has 0 bridgehead atoms. The molecule has 0 aliphatic heterocycles. The van der Waals surface area contributed by atoms with Crippen molar-refractivity contribution in [1.29, 1.82) is 0 Å². The van der Waals surface area contributed by atoms with E-state index in [0.29, 0.717) is 11.5 Å². The lowest BCUT2D eigenvalue weighted by molar-refractivity contribution is -0.386. The number of benzene rings is 1. The maximum Gasteiger partial charge on any atom is 0.352 e. The molecule has 104 valence electrons. The maximum absolute atomic E-state index is 11.0. The van der Waals surface area contributed by atoms with Crippen LogP contribution >= 0.6 is 0 Å². The van der Waals surface area contributed by atoms with E-state index in [4.69, 9.17) is 15.2 Å². The van der Waals surface area contributed by atoms with Crippen LogP contribution < -0.4 is 15.2 Å². The summed E-state index contributed by atoms with van der Waals surface area (Å²) in [5.74, 6) is 0.749. The minimum Gasteiger partial charge on any atom is -0.497 e. The molecule has 8 heteroatoms. The Hall–Kier alpha value is -2.90. The molecule has 0 fully saturated rings. The topological polar surface area (TPSA) is 113 Å². The van der Waals surface area contributed by atoms with Crippen molar-refractivity contribution in [2.75, 3.05) is 12.8 Å². The van der Waals surface area contributed by atoms with Gasteiger partial charge in [0.25, 0.3) is 0 Å². The van der Waals surface area contributed by atoms with Gasteiger partial charge in [0.05, 0.1) is 12.0 Å². The highest BCUT2D eigenvalue weighted by atomic mass is 16.6. The molecule has 0 amide bonds. The zero-order valence-corrected chi connectivity index (χ0v) is 10.9. The van der Waals surface area contributed by atoms with Crippen molar-refractivity contribution < 1.29 is 14.4 Å². The summed E-state index contributed by atoms with van der Waals surface area (Å²) in [5, 5.41) is 11.0. The van der Waals surface area contributed by atoms with E-state index >= 15 is 0 Å². The molecule has 1 heterocycles. The van der Waals surface area contributed by atoms with Gasteiger partial charge in [-0.3, -0.25) is 10.1 Å². The normalized spacial score (nSPS) is 10.1. The molecular weight excluding hydrogens is 264 g/mol. The average Bonchev–Trinajstić information content (AvgIpc) is 2.38. The SMILES string of the molecule is COc1ccc(Oc2nc(N)nc(C)c2[N+](=O)[O-])cc1. The molecule has 0 saturated heterocycles. The zero-order chi connectivity index (χ0) is 14.7. The van der Waals surface area contributed by atoms with Gasteiger partial charge in [0.15, 0.2) is 0 Å². The van der Waals surface area contributed by atoms with Gasteiger partial charge >= 0.3 is 11.6 Å². The third-order valence-corrected chi connectivity index (χ3v) is 2.50. The molecule has 2 rings (SSSR count). The molecule has 1 aromatic heterocycles. The number of hydrogen-bond donors (Lipinski definition) is 1. The Morgan fingerprint density at radius 2 is 1.80 bits per heavy atom. The Kier molecular flexibility index (Phi) is 3.65. The second-order valence-electron chi connectivity index (χ2n) is 3.86. The fraction of sp³-hybridized carbons (Fsp3) is 0.167. The average molecular weight is 276 g/mol. The third kappa shape index (κ3) is 2.74. The number of nitro groups is 1. The van der Waals surface area contributed by atoms with Crippen LogP contribution in [0.3, 0.4) is 0 Å². The number of ether oxygens (including phenoxy) is 2. The molecule has 0 saturated carbocycles. The van der Waals surface area contributed by atoms with Crippen molar-refractivity contribution in [3.05, 3.63) is 40.1 Å². The van der Waals surface area contributed by atoms with Crippen molar-refractivity contribution in [1.82, 2.24) is 9.97 Å². The van der Waals surface area contributed by atoms with Crippen molar-refractivity contribution in [3.63, 3.8) is 0 Å². The number of nitrogens with two attached hydrogens (primary N) is 1. The first kappa shape index (κ1) is 13.5. The van der Waals surface area contributed by atoms with E-state index in [2.05, 4.69) is 9.97 Å². The molecule has 0 radical (unpaired) electrons. The van der Waals surface area contributed by atoms with Gasteiger partial charge in [0, 0.05) is 0 Å². The Labute approximate surface area is 114 Å². The van der Waals surface area contributed by atoms with Crippen molar-refractivity contribution in [2.45, 2.75) is 6.92 Å². The summed E-state index contributed by atoms with van der Waals surface area (Å²) in [7, 11) is 1.54. The first-order valence-electron chi connectivity index (χ1n) is 5.61. The van der Waals surface area contributed by atoms with Crippen LogP contribution in [0.25, 0.3) is 0 Å². The Bertz CT molecular complexity index is 643. The van der Waals surface area contributed by atoms with Crippen LogP contribution in [-0.4, -0.2) is 22.0 Å². The van der Waals surface area contributed by atoms with Crippen LogP contribution in [0.2, 0.25) is 0 Å². The van der Waals surface area contributed by atoms with E-state index in [-0.39, 0.29) is 23.2 Å². The van der Waals surface area contributed by atoms with Crippen LogP contribution in [0.5, 0.6) is 17.4 Å². The molecule has 20 heavy (non-hydrogen) atoms. The lowest BCUT2D eigenvalue weighted by atomic mass is 10.3. The molecule has 0 aliphatic carbocycles. The number of hydrogen-bond acceptors (Lipinski definition) is 7. The quantitative estimate of drug-likeness (QED) is 0.671. The number of anilines is 1. The van der Waals surface area contributed by atoms with E-state index in [9.17, 15) is 10.1 Å². The number of nitrogens with zero attached hydrogens (tertiary/aromatic N) is 3. The highest BCUT2D eigenvalue weighted by molar-refractivity contribution is 5.49. The molecule has 0 atom stereocenters. The number of aromatic nitrogens is 2. The minimum absolute atomic E-state index is 0.0865. The van der Waals surface area contributed by atoms with Gasteiger partial charge in [-0.15, -0.1) is 0 Å². The van der Waals surface area contributed by atoms with Crippen LogP contribution in [0.4, 0.5) is 11.6 Å². The predicted octanol–water partition coefficient (Wildman–Crippen LogP) is 2.08. The fourth-order valence-electron chi connectivity index (χ4n) is 1.60. The largest absolute Gasteiger partial charge is 0.497 e. The summed E-state index contributed by atoms with van der Waals surface area (Å²) in [6.45, 7) is 1.47. The highest BCUT2D eigenvalue weighted by Crippen LogP contribution is 2.32. The van der Waals surface area contributed by atoms with Crippen LogP contribution in [0.1, 0.15) is 5.69 Å². The van der Waals surface area contributed by atoms with E-state index in [1.807, 2.05) is 0 Å². The molecular formula is C12H12N4O4. The van der Waals surface area contributed by atoms with Gasteiger partial charge in [0.1, 0.15) is 17.2 Å².